The minimum atomic E-state index is 0.268. The summed E-state index contributed by atoms with van der Waals surface area (Å²) >= 11 is 5.75. The van der Waals surface area contributed by atoms with Gasteiger partial charge in [-0.05, 0) is 60.6 Å². The lowest BCUT2D eigenvalue weighted by Gasteiger charge is -2.26. The minimum absolute atomic E-state index is 0.268. The third-order valence-corrected chi connectivity index (χ3v) is 4.92. The van der Waals surface area contributed by atoms with Gasteiger partial charge in [0.05, 0.1) is 12.2 Å². The lowest BCUT2D eigenvalue weighted by Crippen LogP contribution is -2.34. The van der Waals surface area contributed by atoms with Crippen LogP contribution in [0.1, 0.15) is 16.8 Å². The Morgan fingerprint density at radius 3 is 2.68 bits per heavy atom. The van der Waals surface area contributed by atoms with Gasteiger partial charge in [0.2, 0.25) is 6.79 Å². The second-order valence-corrected chi connectivity index (χ2v) is 7.00. The van der Waals surface area contributed by atoms with Crippen LogP contribution in [0.25, 0.3) is 0 Å². The van der Waals surface area contributed by atoms with Gasteiger partial charge < -0.3 is 19.7 Å². The summed E-state index contributed by atoms with van der Waals surface area (Å²) in [4.78, 5) is 6.55. The molecule has 0 bridgehead atoms. The van der Waals surface area contributed by atoms with Gasteiger partial charge in [0.25, 0.3) is 0 Å². The van der Waals surface area contributed by atoms with Crippen LogP contribution in [0.3, 0.4) is 0 Å². The van der Waals surface area contributed by atoms with E-state index in [2.05, 4.69) is 28.2 Å². The molecule has 0 atom stereocenters. The standard InChI is InChI=1S/C22H21N3O2S/c1-16-6-2-3-8-19(16)24-22(28)25(14-18-7-4-5-11-23-18)13-17-9-10-20-21(12-17)27-15-26-20/h2-12H,13-15H2,1H3,(H,24,28). The van der Waals surface area contributed by atoms with E-state index < -0.39 is 0 Å². The van der Waals surface area contributed by atoms with Crippen LogP contribution in [0.5, 0.6) is 11.5 Å². The van der Waals surface area contributed by atoms with Crippen LogP contribution in [0.4, 0.5) is 5.69 Å². The Hall–Kier alpha value is -3.12. The zero-order chi connectivity index (χ0) is 19.3. The Kier molecular flexibility index (Phi) is 5.39. The molecule has 28 heavy (non-hydrogen) atoms. The molecule has 1 aliphatic heterocycles. The number of nitrogens with one attached hydrogen (secondary N) is 1. The van der Waals surface area contributed by atoms with Crippen LogP contribution in [0, 0.1) is 6.92 Å². The summed E-state index contributed by atoms with van der Waals surface area (Å²) in [5.74, 6) is 1.55. The normalized spacial score (nSPS) is 11.9. The third-order valence-electron chi connectivity index (χ3n) is 4.56. The van der Waals surface area contributed by atoms with E-state index in [0.717, 1.165) is 34.0 Å². The number of fused-ring (bicyclic) bond motifs is 1. The van der Waals surface area contributed by atoms with Gasteiger partial charge in [0.1, 0.15) is 0 Å². The van der Waals surface area contributed by atoms with Gasteiger partial charge in [-0.1, -0.05) is 30.3 Å². The lowest BCUT2D eigenvalue weighted by molar-refractivity contribution is 0.174. The van der Waals surface area contributed by atoms with E-state index in [0.29, 0.717) is 18.2 Å². The Balaban J connectivity index is 1.56. The van der Waals surface area contributed by atoms with Crippen molar-refractivity contribution in [1.82, 2.24) is 9.88 Å². The second kappa shape index (κ2) is 8.27. The molecule has 0 radical (unpaired) electrons. The molecule has 4 rings (SSSR count). The highest BCUT2D eigenvalue weighted by atomic mass is 32.1. The Bertz CT molecular complexity index is 979. The van der Waals surface area contributed by atoms with Crippen molar-refractivity contribution in [2.24, 2.45) is 0 Å². The van der Waals surface area contributed by atoms with E-state index in [1.54, 1.807) is 6.20 Å². The van der Waals surface area contributed by atoms with E-state index >= 15 is 0 Å². The number of para-hydroxylation sites is 1. The number of aryl methyl sites for hydroxylation is 1. The highest BCUT2D eigenvalue weighted by molar-refractivity contribution is 7.80. The zero-order valence-electron chi connectivity index (χ0n) is 15.6. The summed E-state index contributed by atoms with van der Waals surface area (Å²) in [7, 11) is 0. The highest BCUT2D eigenvalue weighted by Crippen LogP contribution is 2.33. The van der Waals surface area contributed by atoms with Crippen molar-refractivity contribution < 1.29 is 9.47 Å². The quantitative estimate of drug-likeness (QED) is 0.646. The third kappa shape index (κ3) is 4.23. The first-order chi connectivity index (χ1) is 13.7. The fourth-order valence-corrected chi connectivity index (χ4v) is 3.29. The summed E-state index contributed by atoms with van der Waals surface area (Å²) in [6.45, 7) is 3.56. The molecular weight excluding hydrogens is 370 g/mol. The number of hydrogen-bond acceptors (Lipinski definition) is 4. The molecule has 1 aromatic heterocycles. The van der Waals surface area contributed by atoms with Crippen LogP contribution in [-0.2, 0) is 13.1 Å². The molecule has 0 amide bonds. The van der Waals surface area contributed by atoms with Crippen molar-refractivity contribution in [1.29, 1.82) is 0 Å². The molecule has 5 nitrogen and oxygen atoms in total. The average molecular weight is 391 g/mol. The lowest BCUT2D eigenvalue weighted by atomic mass is 10.2. The molecule has 142 valence electrons. The molecule has 0 aliphatic carbocycles. The fraction of sp³-hybridized carbons (Fsp3) is 0.182. The fourth-order valence-electron chi connectivity index (χ4n) is 3.05. The summed E-state index contributed by atoms with van der Waals surface area (Å²) in [5, 5.41) is 4.03. The van der Waals surface area contributed by atoms with Crippen molar-refractivity contribution in [2.75, 3.05) is 12.1 Å². The number of rotatable bonds is 5. The topological polar surface area (TPSA) is 46.6 Å². The maximum atomic E-state index is 5.75. The molecule has 6 heteroatoms. The molecule has 2 heterocycles. The van der Waals surface area contributed by atoms with Crippen molar-refractivity contribution in [3.63, 3.8) is 0 Å². The highest BCUT2D eigenvalue weighted by Gasteiger charge is 2.17. The number of nitrogens with zero attached hydrogens (tertiary/aromatic N) is 2. The van der Waals surface area contributed by atoms with Gasteiger partial charge in [0.15, 0.2) is 16.6 Å². The van der Waals surface area contributed by atoms with E-state index in [1.165, 1.54) is 0 Å². The zero-order valence-corrected chi connectivity index (χ0v) is 16.4. The molecule has 1 aliphatic rings. The molecule has 0 fully saturated rings. The van der Waals surface area contributed by atoms with Crippen LogP contribution in [0.2, 0.25) is 0 Å². The summed E-state index contributed by atoms with van der Waals surface area (Å²) < 4.78 is 10.9. The monoisotopic (exact) mass is 391 g/mol. The van der Waals surface area contributed by atoms with Crippen molar-refractivity contribution in [2.45, 2.75) is 20.0 Å². The molecule has 3 aromatic rings. The number of thiocarbonyl (C=S) groups is 1. The summed E-state index contributed by atoms with van der Waals surface area (Å²) in [5.41, 5.74) is 4.20. The minimum Gasteiger partial charge on any atom is -0.454 e. The Morgan fingerprint density at radius 2 is 1.86 bits per heavy atom. The first kappa shape index (κ1) is 18.3. The van der Waals surface area contributed by atoms with E-state index in [1.807, 2.05) is 54.6 Å². The van der Waals surface area contributed by atoms with Gasteiger partial charge in [0, 0.05) is 18.4 Å². The second-order valence-electron chi connectivity index (χ2n) is 6.61. The smallest absolute Gasteiger partial charge is 0.231 e. The summed E-state index contributed by atoms with van der Waals surface area (Å²) in [6.07, 6.45) is 1.80. The Labute approximate surface area is 169 Å². The van der Waals surface area contributed by atoms with Crippen LogP contribution >= 0.6 is 12.2 Å². The largest absolute Gasteiger partial charge is 0.454 e. The molecule has 2 aromatic carbocycles. The van der Waals surface area contributed by atoms with Gasteiger partial charge in [-0.2, -0.15) is 0 Å². The Morgan fingerprint density at radius 1 is 1.04 bits per heavy atom. The van der Waals surface area contributed by atoms with E-state index in [-0.39, 0.29) is 6.79 Å². The predicted molar refractivity (Wildman–Crippen MR) is 113 cm³/mol. The first-order valence-electron chi connectivity index (χ1n) is 9.09. The first-order valence-corrected chi connectivity index (χ1v) is 9.50. The van der Waals surface area contributed by atoms with Gasteiger partial charge >= 0.3 is 0 Å². The molecular formula is C22H21N3O2S. The number of anilines is 1. The van der Waals surface area contributed by atoms with Gasteiger partial charge in [-0.25, -0.2) is 0 Å². The number of ether oxygens (including phenoxy) is 2. The maximum absolute atomic E-state index is 5.75. The van der Waals surface area contributed by atoms with Crippen molar-refractivity contribution >= 4 is 23.0 Å². The van der Waals surface area contributed by atoms with E-state index in [9.17, 15) is 0 Å². The molecule has 0 saturated carbocycles. The summed E-state index contributed by atoms with van der Waals surface area (Å²) in [6, 6.07) is 20.0. The SMILES string of the molecule is Cc1ccccc1NC(=S)N(Cc1ccc2c(c1)OCO2)Cc1ccccn1. The maximum Gasteiger partial charge on any atom is 0.231 e. The van der Waals surface area contributed by atoms with E-state index in [4.69, 9.17) is 21.7 Å². The van der Waals surface area contributed by atoms with Gasteiger partial charge in [-0.3, -0.25) is 4.98 Å². The number of hydrogen-bond donors (Lipinski definition) is 1. The molecule has 0 saturated heterocycles. The van der Waals surface area contributed by atoms with Crippen molar-refractivity contribution in [3.05, 3.63) is 83.7 Å². The molecule has 0 unspecified atom stereocenters. The molecule has 0 spiro atoms. The molecule has 1 N–H and O–H groups in total. The predicted octanol–water partition coefficient (Wildman–Crippen LogP) is 4.52. The number of pyridine rings is 1. The van der Waals surface area contributed by atoms with Crippen LogP contribution in [-0.4, -0.2) is 21.8 Å². The van der Waals surface area contributed by atoms with Crippen LogP contribution < -0.4 is 14.8 Å². The van der Waals surface area contributed by atoms with Crippen molar-refractivity contribution in [3.8, 4) is 11.5 Å². The van der Waals surface area contributed by atoms with Crippen LogP contribution in [0.15, 0.2) is 66.9 Å². The average Bonchev–Trinajstić information content (AvgIpc) is 3.18. The number of aromatic nitrogens is 1. The number of benzene rings is 2. The van der Waals surface area contributed by atoms with Gasteiger partial charge in [-0.15, -0.1) is 0 Å².